The molecule has 0 aromatic rings. The Labute approximate surface area is 185 Å². The van der Waals surface area contributed by atoms with Crippen LogP contribution in [0.25, 0.3) is 0 Å². The molecule has 0 aromatic carbocycles. The van der Waals surface area contributed by atoms with Crippen molar-refractivity contribution >= 4 is 17.8 Å². The van der Waals surface area contributed by atoms with Crippen molar-refractivity contribution in [2.75, 3.05) is 6.61 Å². The lowest BCUT2D eigenvalue weighted by molar-refractivity contribution is -0.151. The van der Waals surface area contributed by atoms with Crippen molar-refractivity contribution in [2.24, 2.45) is 5.41 Å². The molecule has 7 heteroatoms. The van der Waals surface area contributed by atoms with Crippen LogP contribution < -0.4 is 5.32 Å². The van der Waals surface area contributed by atoms with E-state index in [1.54, 1.807) is 24.8 Å². The van der Waals surface area contributed by atoms with Crippen LogP contribution in [0, 0.1) is 5.41 Å². The Kier molecular flexibility index (Phi) is 9.04. The highest BCUT2D eigenvalue weighted by Gasteiger charge is 2.56. The number of allylic oxidation sites excluding steroid dienone is 5. The lowest BCUT2D eigenvalue weighted by atomic mass is 9.83. The molecule has 0 aromatic heterocycles. The first-order chi connectivity index (χ1) is 14.7. The molecule has 31 heavy (non-hydrogen) atoms. The van der Waals surface area contributed by atoms with Gasteiger partial charge in [0.15, 0.2) is 0 Å². The molecular weight excluding hydrogens is 396 g/mol. The average molecular weight is 433 g/mol. The normalized spacial score (nSPS) is 27.4. The number of hydrogen-bond donors (Lipinski definition) is 2. The van der Waals surface area contributed by atoms with E-state index in [0.717, 1.165) is 19.3 Å². The topological polar surface area (TPSA) is 95.9 Å². The van der Waals surface area contributed by atoms with E-state index in [1.165, 1.54) is 0 Å². The fraction of sp³-hybridized carbons (Fsp3) is 0.625. The summed E-state index contributed by atoms with van der Waals surface area (Å²) in [5.74, 6) is -1.63. The fourth-order valence-electron chi connectivity index (χ4n) is 4.89. The molecule has 5 atom stereocenters. The summed E-state index contributed by atoms with van der Waals surface area (Å²) in [5, 5.41) is 12.8. The number of likely N-dealkylation sites (tertiary alicyclic amines) is 1. The van der Waals surface area contributed by atoms with E-state index in [0.29, 0.717) is 19.3 Å². The summed E-state index contributed by atoms with van der Waals surface area (Å²) in [6.45, 7) is 9.38. The minimum atomic E-state index is -0.962. The van der Waals surface area contributed by atoms with Gasteiger partial charge in [0.25, 0.3) is 0 Å². The quantitative estimate of drug-likeness (QED) is 0.384. The molecule has 1 saturated heterocycles. The first-order valence-corrected chi connectivity index (χ1v) is 11.2. The van der Waals surface area contributed by atoms with Crippen molar-refractivity contribution < 1.29 is 24.2 Å². The lowest BCUT2D eigenvalue weighted by Crippen LogP contribution is -2.55. The van der Waals surface area contributed by atoms with E-state index in [9.17, 15) is 19.5 Å². The summed E-state index contributed by atoms with van der Waals surface area (Å²) in [4.78, 5) is 39.2. The Hall–Kier alpha value is -2.41. The second kappa shape index (κ2) is 11.3. The van der Waals surface area contributed by atoms with Crippen LogP contribution in [0.2, 0.25) is 0 Å². The lowest BCUT2D eigenvalue weighted by Gasteiger charge is -2.33. The zero-order valence-corrected chi connectivity index (χ0v) is 18.9. The van der Waals surface area contributed by atoms with E-state index in [1.807, 2.05) is 24.3 Å². The second-order valence-electron chi connectivity index (χ2n) is 8.68. The first-order valence-electron chi connectivity index (χ1n) is 11.2. The summed E-state index contributed by atoms with van der Waals surface area (Å²) in [6.07, 6.45) is 13.5. The van der Waals surface area contributed by atoms with Gasteiger partial charge in [0.05, 0.1) is 12.6 Å². The van der Waals surface area contributed by atoms with Crippen molar-refractivity contribution in [2.45, 2.75) is 83.5 Å². The molecule has 1 heterocycles. The monoisotopic (exact) mass is 432 g/mol. The molecular formula is C24H36N2O5. The van der Waals surface area contributed by atoms with Gasteiger partial charge in [0.2, 0.25) is 5.91 Å². The average Bonchev–Trinajstić information content (AvgIpc) is 3.23. The number of amides is 1. The number of fused-ring (bicyclic) bond motifs is 1. The number of hydrogen-bond acceptors (Lipinski definition) is 5. The van der Waals surface area contributed by atoms with Gasteiger partial charge in [-0.05, 0) is 51.4 Å². The SMILES string of the molecule is C=C/C=C\C=C\CCC(NC(C)C(=O)N1C(C(=O)O)CC2(C)CCCC12)C(=O)OCC. The standard InChI is InChI=1S/C24H36N2O5/c1-5-7-8-9-10-11-13-18(23(30)31-6-2)25-17(3)21(27)26-19(22(28)29)16-24(4)15-12-14-20(24)26/h5,7-10,17-20,25H,1,6,11-16H2,2-4H3,(H,28,29)/b8-7-,10-9+. The molecule has 2 fully saturated rings. The van der Waals surface area contributed by atoms with Gasteiger partial charge in [-0.2, -0.15) is 0 Å². The van der Waals surface area contributed by atoms with Crippen LogP contribution in [0.5, 0.6) is 0 Å². The molecule has 1 saturated carbocycles. The fourth-order valence-corrected chi connectivity index (χ4v) is 4.89. The van der Waals surface area contributed by atoms with Crippen LogP contribution >= 0.6 is 0 Å². The second-order valence-corrected chi connectivity index (χ2v) is 8.68. The number of nitrogens with zero attached hydrogens (tertiary/aromatic N) is 1. The first kappa shape index (κ1) is 24.9. The van der Waals surface area contributed by atoms with E-state index in [-0.39, 0.29) is 24.0 Å². The van der Waals surface area contributed by atoms with Crippen molar-refractivity contribution in [1.82, 2.24) is 10.2 Å². The van der Waals surface area contributed by atoms with Crippen LogP contribution in [-0.2, 0) is 19.1 Å². The molecule has 2 aliphatic rings. The van der Waals surface area contributed by atoms with Crippen LogP contribution in [0.4, 0.5) is 0 Å². The highest BCUT2D eigenvalue weighted by Crippen LogP contribution is 2.51. The number of rotatable bonds is 11. The molecule has 0 spiro atoms. The minimum absolute atomic E-state index is 0.0639. The van der Waals surface area contributed by atoms with Gasteiger partial charge in [-0.1, -0.05) is 50.3 Å². The van der Waals surface area contributed by atoms with Gasteiger partial charge < -0.3 is 14.7 Å². The van der Waals surface area contributed by atoms with Crippen LogP contribution in [0.1, 0.15) is 59.3 Å². The minimum Gasteiger partial charge on any atom is -0.480 e. The van der Waals surface area contributed by atoms with E-state index < -0.39 is 30.1 Å². The number of nitrogens with one attached hydrogen (secondary N) is 1. The van der Waals surface area contributed by atoms with Gasteiger partial charge in [-0.15, -0.1) is 0 Å². The maximum absolute atomic E-state index is 13.3. The molecule has 1 aliphatic heterocycles. The molecule has 1 amide bonds. The molecule has 172 valence electrons. The summed E-state index contributed by atoms with van der Waals surface area (Å²) in [6, 6.07) is -2.21. The maximum atomic E-state index is 13.3. The Balaban J connectivity index is 2.08. The number of carboxylic acids is 1. The number of carboxylic acid groups (broad SMARTS) is 1. The van der Waals surface area contributed by atoms with Crippen LogP contribution in [0.15, 0.2) is 37.0 Å². The summed E-state index contributed by atoms with van der Waals surface area (Å²) >= 11 is 0. The van der Waals surface area contributed by atoms with Crippen molar-refractivity contribution in [3.8, 4) is 0 Å². The van der Waals surface area contributed by atoms with Crippen molar-refractivity contribution in [1.29, 1.82) is 0 Å². The van der Waals surface area contributed by atoms with Gasteiger partial charge in [0.1, 0.15) is 12.1 Å². The largest absolute Gasteiger partial charge is 0.480 e. The zero-order valence-electron chi connectivity index (χ0n) is 18.9. The molecule has 2 rings (SSSR count). The Bertz CT molecular complexity index is 731. The van der Waals surface area contributed by atoms with Crippen molar-refractivity contribution in [3.63, 3.8) is 0 Å². The molecule has 1 aliphatic carbocycles. The third kappa shape index (κ3) is 6.06. The van der Waals surface area contributed by atoms with E-state index in [4.69, 9.17) is 4.74 Å². The summed E-state index contributed by atoms with van der Waals surface area (Å²) in [7, 11) is 0. The van der Waals surface area contributed by atoms with E-state index in [2.05, 4.69) is 18.8 Å². The molecule has 0 bridgehead atoms. The molecule has 7 nitrogen and oxygen atoms in total. The van der Waals surface area contributed by atoms with Gasteiger partial charge >= 0.3 is 11.9 Å². The Morgan fingerprint density at radius 1 is 1.32 bits per heavy atom. The molecule has 5 unspecified atom stereocenters. The van der Waals surface area contributed by atoms with Gasteiger partial charge in [-0.3, -0.25) is 14.9 Å². The van der Waals surface area contributed by atoms with Gasteiger partial charge in [0, 0.05) is 6.04 Å². The summed E-state index contributed by atoms with van der Waals surface area (Å²) < 4.78 is 5.18. The number of carbonyl (C=O) groups is 3. The molecule has 0 radical (unpaired) electrons. The number of carbonyl (C=O) groups excluding carboxylic acids is 2. The third-order valence-corrected chi connectivity index (χ3v) is 6.41. The Morgan fingerprint density at radius 3 is 2.71 bits per heavy atom. The zero-order chi connectivity index (χ0) is 23.0. The molecule has 2 N–H and O–H groups in total. The van der Waals surface area contributed by atoms with Gasteiger partial charge in [-0.25, -0.2) is 4.79 Å². The smallest absolute Gasteiger partial charge is 0.326 e. The maximum Gasteiger partial charge on any atom is 0.326 e. The number of ether oxygens (including phenoxy) is 1. The Morgan fingerprint density at radius 2 is 2.06 bits per heavy atom. The predicted molar refractivity (Wildman–Crippen MR) is 119 cm³/mol. The predicted octanol–water partition coefficient (Wildman–Crippen LogP) is 3.22. The van der Waals surface area contributed by atoms with Crippen LogP contribution in [-0.4, -0.2) is 58.6 Å². The number of aliphatic carboxylic acids is 1. The highest BCUT2D eigenvalue weighted by molar-refractivity contribution is 5.88. The number of esters is 1. The van der Waals surface area contributed by atoms with Crippen molar-refractivity contribution in [3.05, 3.63) is 37.0 Å². The van der Waals surface area contributed by atoms with E-state index >= 15 is 0 Å². The third-order valence-electron chi connectivity index (χ3n) is 6.41. The summed E-state index contributed by atoms with van der Waals surface area (Å²) in [5.41, 5.74) is -0.150. The highest BCUT2D eigenvalue weighted by atomic mass is 16.5. The van der Waals surface area contributed by atoms with Crippen LogP contribution in [0.3, 0.4) is 0 Å².